The number of amides is 1. The Balaban J connectivity index is 1.54. The highest BCUT2D eigenvalue weighted by Crippen LogP contribution is 2.18. The molecule has 134 valence electrons. The fraction of sp³-hybridized carbons (Fsp3) is 0.474. The van der Waals surface area contributed by atoms with Gasteiger partial charge in [-0.25, -0.2) is 0 Å². The van der Waals surface area contributed by atoms with Crippen molar-refractivity contribution in [2.24, 2.45) is 0 Å². The van der Waals surface area contributed by atoms with E-state index in [4.69, 9.17) is 4.42 Å². The van der Waals surface area contributed by atoms with E-state index in [0.717, 1.165) is 37.2 Å². The van der Waals surface area contributed by atoms with Crippen molar-refractivity contribution in [2.45, 2.75) is 31.8 Å². The maximum Gasteiger partial charge on any atom is 0.222 e. The first-order valence-corrected chi connectivity index (χ1v) is 8.79. The van der Waals surface area contributed by atoms with Gasteiger partial charge in [-0.3, -0.25) is 14.7 Å². The molecule has 1 saturated heterocycles. The molecule has 0 radical (unpaired) electrons. The lowest BCUT2D eigenvalue weighted by Gasteiger charge is -2.41. The number of carbonyl (C=O) groups is 1. The van der Waals surface area contributed by atoms with Gasteiger partial charge in [0.1, 0.15) is 0 Å². The van der Waals surface area contributed by atoms with Gasteiger partial charge in [0.15, 0.2) is 0 Å². The molecule has 0 aromatic carbocycles. The van der Waals surface area contributed by atoms with Crippen molar-refractivity contribution in [3.63, 3.8) is 0 Å². The van der Waals surface area contributed by atoms with E-state index in [0.29, 0.717) is 19.4 Å². The van der Waals surface area contributed by atoms with E-state index in [-0.39, 0.29) is 18.6 Å². The van der Waals surface area contributed by atoms with Crippen LogP contribution in [0.25, 0.3) is 0 Å². The van der Waals surface area contributed by atoms with Crippen molar-refractivity contribution in [1.29, 1.82) is 0 Å². The maximum atomic E-state index is 12.6. The van der Waals surface area contributed by atoms with Crippen LogP contribution in [0, 0.1) is 0 Å². The Morgan fingerprint density at radius 2 is 2.08 bits per heavy atom. The normalized spacial score (nSPS) is 18.4. The monoisotopic (exact) mass is 343 g/mol. The van der Waals surface area contributed by atoms with Gasteiger partial charge in [-0.2, -0.15) is 0 Å². The Hall–Kier alpha value is -2.18. The molecule has 1 N–H and O–H groups in total. The van der Waals surface area contributed by atoms with E-state index in [2.05, 4.69) is 9.88 Å². The second kappa shape index (κ2) is 8.78. The molecular formula is C19H25N3O3. The highest BCUT2D eigenvalue weighted by atomic mass is 16.3. The third-order valence-corrected chi connectivity index (χ3v) is 4.76. The number of pyridine rings is 1. The van der Waals surface area contributed by atoms with Crippen LogP contribution in [-0.2, 0) is 17.8 Å². The number of rotatable bonds is 7. The number of aryl methyl sites for hydroxylation is 1. The summed E-state index contributed by atoms with van der Waals surface area (Å²) in [7, 11) is 0. The van der Waals surface area contributed by atoms with Crippen molar-refractivity contribution in [2.75, 3.05) is 26.2 Å². The number of hydrogen-bond donors (Lipinski definition) is 1. The lowest BCUT2D eigenvalue weighted by Crippen LogP contribution is -2.54. The molecule has 3 heterocycles. The zero-order valence-electron chi connectivity index (χ0n) is 14.4. The lowest BCUT2D eigenvalue weighted by atomic mass is 10.1. The molecule has 1 aliphatic heterocycles. The SMILES string of the molecule is O=C(CCc1ccncc1)N1CCN(Cc2ccoc2)[C@H](CCO)C1. The van der Waals surface area contributed by atoms with Crippen LogP contribution < -0.4 is 0 Å². The van der Waals surface area contributed by atoms with Gasteiger partial charge < -0.3 is 14.4 Å². The topological polar surface area (TPSA) is 69.8 Å². The lowest BCUT2D eigenvalue weighted by molar-refractivity contribution is -0.134. The Morgan fingerprint density at radius 3 is 2.80 bits per heavy atom. The molecule has 0 aliphatic carbocycles. The van der Waals surface area contributed by atoms with E-state index < -0.39 is 0 Å². The quantitative estimate of drug-likeness (QED) is 0.829. The maximum absolute atomic E-state index is 12.6. The highest BCUT2D eigenvalue weighted by Gasteiger charge is 2.29. The van der Waals surface area contributed by atoms with Crippen molar-refractivity contribution >= 4 is 5.91 Å². The van der Waals surface area contributed by atoms with E-state index in [9.17, 15) is 9.90 Å². The molecular weight excluding hydrogens is 318 g/mol. The van der Waals surface area contributed by atoms with E-state index >= 15 is 0 Å². The van der Waals surface area contributed by atoms with Crippen LogP contribution >= 0.6 is 0 Å². The molecule has 3 rings (SSSR count). The van der Waals surface area contributed by atoms with Gasteiger partial charge in [-0.05, 0) is 36.6 Å². The van der Waals surface area contributed by atoms with Crippen LogP contribution in [0.4, 0.5) is 0 Å². The van der Waals surface area contributed by atoms with Gasteiger partial charge in [-0.15, -0.1) is 0 Å². The first-order valence-electron chi connectivity index (χ1n) is 8.79. The predicted molar refractivity (Wildman–Crippen MR) is 93.7 cm³/mol. The Kier molecular flexibility index (Phi) is 6.19. The number of aliphatic hydroxyl groups is 1. The van der Waals surface area contributed by atoms with Gasteiger partial charge in [0.2, 0.25) is 5.91 Å². The smallest absolute Gasteiger partial charge is 0.222 e. The minimum Gasteiger partial charge on any atom is -0.472 e. The van der Waals surface area contributed by atoms with Crippen LogP contribution in [0.2, 0.25) is 0 Å². The van der Waals surface area contributed by atoms with E-state index in [1.54, 1.807) is 24.9 Å². The number of hydrogen-bond acceptors (Lipinski definition) is 5. The number of aromatic nitrogens is 1. The standard InChI is InChI=1S/C19H25N3O3/c23-11-5-18-14-22(10-9-21(18)13-17-6-12-25-15-17)19(24)2-1-16-3-7-20-8-4-16/h3-4,6-8,12,15,18,23H,1-2,5,9-11,13-14H2/t18-/m1/s1. The average Bonchev–Trinajstić information content (AvgIpc) is 3.15. The van der Waals surface area contributed by atoms with E-state index in [1.165, 1.54) is 0 Å². The van der Waals surface area contributed by atoms with Gasteiger partial charge in [0, 0.05) is 63.2 Å². The van der Waals surface area contributed by atoms with Crippen molar-refractivity contribution in [3.8, 4) is 0 Å². The summed E-state index contributed by atoms with van der Waals surface area (Å²) in [6.07, 6.45) is 8.86. The van der Waals surface area contributed by atoms with Crippen molar-refractivity contribution in [3.05, 3.63) is 54.2 Å². The first kappa shape index (κ1) is 17.6. The van der Waals surface area contributed by atoms with Gasteiger partial charge in [-0.1, -0.05) is 0 Å². The van der Waals surface area contributed by atoms with Crippen LogP contribution in [-0.4, -0.2) is 58.1 Å². The van der Waals surface area contributed by atoms with E-state index in [1.807, 2.05) is 23.1 Å². The summed E-state index contributed by atoms with van der Waals surface area (Å²) in [5.41, 5.74) is 2.26. The molecule has 0 unspecified atom stereocenters. The molecule has 0 bridgehead atoms. The largest absolute Gasteiger partial charge is 0.472 e. The Morgan fingerprint density at radius 1 is 1.24 bits per heavy atom. The molecule has 1 amide bonds. The molecule has 2 aromatic heterocycles. The summed E-state index contributed by atoms with van der Waals surface area (Å²) in [6, 6.07) is 6.04. The van der Waals surface area contributed by atoms with Crippen LogP contribution in [0.1, 0.15) is 24.0 Å². The molecule has 1 atom stereocenters. The number of furan rings is 1. The zero-order valence-corrected chi connectivity index (χ0v) is 14.4. The summed E-state index contributed by atoms with van der Waals surface area (Å²) in [4.78, 5) is 20.8. The molecule has 25 heavy (non-hydrogen) atoms. The minimum atomic E-state index is 0.131. The van der Waals surface area contributed by atoms with Crippen LogP contribution in [0.3, 0.4) is 0 Å². The number of piperazine rings is 1. The highest BCUT2D eigenvalue weighted by molar-refractivity contribution is 5.76. The van der Waals surface area contributed by atoms with Crippen LogP contribution in [0.15, 0.2) is 47.5 Å². The second-order valence-electron chi connectivity index (χ2n) is 6.46. The molecule has 6 heteroatoms. The van der Waals surface area contributed by atoms with Crippen molar-refractivity contribution in [1.82, 2.24) is 14.8 Å². The van der Waals surface area contributed by atoms with Gasteiger partial charge >= 0.3 is 0 Å². The molecule has 0 saturated carbocycles. The molecule has 0 spiro atoms. The number of carbonyl (C=O) groups excluding carboxylic acids is 1. The molecule has 1 fully saturated rings. The molecule has 2 aromatic rings. The summed E-state index contributed by atoms with van der Waals surface area (Å²) < 4.78 is 5.14. The summed E-state index contributed by atoms with van der Waals surface area (Å²) in [5, 5.41) is 9.38. The van der Waals surface area contributed by atoms with Gasteiger partial charge in [0.05, 0.1) is 12.5 Å². The minimum absolute atomic E-state index is 0.131. The predicted octanol–water partition coefficient (Wildman–Crippen LogP) is 1.70. The second-order valence-corrected chi connectivity index (χ2v) is 6.46. The number of aliphatic hydroxyl groups excluding tert-OH is 1. The van der Waals surface area contributed by atoms with Gasteiger partial charge in [0.25, 0.3) is 0 Å². The summed E-state index contributed by atoms with van der Waals surface area (Å²) >= 11 is 0. The third kappa shape index (κ3) is 4.90. The Bertz CT molecular complexity index is 645. The average molecular weight is 343 g/mol. The molecule has 1 aliphatic rings. The third-order valence-electron chi connectivity index (χ3n) is 4.76. The Labute approximate surface area is 148 Å². The fourth-order valence-electron chi connectivity index (χ4n) is 3.33. The van der Waals surface area contributed by atoms with Crippen molar-refractivity contribution < 1.29 is 14.3 Å². The fourth-order valence-corrected chi connectivity index (χ4v) is 3.33. The number of nitrogens with zero attached hydrogens (tertiary/aromatic N) is 3. The van der Waals surface area contributed by atoms with Crippen LogP contribution in [0.5, 0.6) is 0 Å². The molecule has 6 nitrogen and oxygen atoms in total. The first-order chi connectivity index (χ1) is 12.3. The summed E-state index contributed by atoms with van der Waals surface area (Å²) in [6.45, 7) is 3.14. The zero-order chi connectivity index (χ0) is 17.5. The summed E-state index contributed by atoms with van der Waals surface area (Å²) in [5.74, 6) is 0.183.